The first-order chi connectivity index (χ1) is 14.0. The summed E-state index contributed by atoms with van der Waals surface area (Å²) in [6.07, 6.45) is -3.89. The highest BCUT2D eigenvalue weighted by molar-refractivity contribution is 5.90. The molecule has 4 rings (SSSR count). The molecule has 0 amide bonds. The van der Waals surface area contributed by atoms with Crippen LogP contribution in [0.3, 0.4) is 0 Å². The maximum Gasteiger partial charge on any atom is 0.416 e. The monoisotopic (exact) mass is 393 g/mol. The van der Waals surface area contributed by atoms with E-state index in [0.29, 0.717) is 30.2 Å². The van der Waals surface area contributed by atoms with Gasteiger partial charge in [0.15, 0.2) is 5.82 Å². The van der Waals surface area contributed by atoms with Crippen molar-refractivity contribution >= 4 is 16.7 Å². The minimum atomic E-state index is -4.34. The van der Waals surface area contributed by atoms with E-state index in [4.69, 9.17) is 0 Å². The van der Waals surface area contributed by atoms with Crippen LogP contribution < -0.4 is 5.32 Å². The number of halogens is 3. The molecule has 29 heavy (non-hydrogen) atoms. The highest BCUT2D eigenvalue weighted by Gasteiger charge is 2.30. The van der Waals surface area contributed by atoms with Gasteiger partial charge >= 0.3 is 6.18 Å². The van der Waals surface area contributed by atoms with Gasteiger partial charge in [-0.25, -0.2) is 9.97 Å². The predicted molar refractivity (Wildman–Crippen MR) is 109 cm³/mol. The summed E-state index contributed by atoms with van der Waals surface area (Å²) in [5.74, 6) is 1.27. The first kappa shape index (κ1) is 18.9. The van der Waals surface area contributed by atoms with Crippen LogP contribution in [0.4, 0.5) is 19.0 Å². The van der Waals surface area contributed by atoms with Gasteiger partial charge < -0.3 is 5.32 Å². The zero-order chi connectivity index (χ0) is 20.3. The molecule has 1 aromatic heterocycles. The van der Waals surface area contributed by atoms with Crippen LogP contribution in [0.2, 0.25) is 0 Å². The summed E-state index contributed by atoms with van der Waals surface area (Å²) >= 11 is 0. The lowest BCUT2D eigenvalue weighted by atomic mass is 10.1. The number of nitrogens with one attached hydrogen (secondary N) is 1. The molecule has 0 radical (unpaired) electrons. The molecule has 146 valence electrons. The molecule has 0 aliphatic heterocycles. The lowest BCUT2D eigenvalue weighted by Crippen LogP contribution is -2.10. The van der Waals surface area contributed by atoms with Crippen molar-refractivity contribution in [2.24, 2.45) is 0 Å². The first-order valence-electron chi connectivity index (χ1n) is 9.23. The standard InChI is InChI=1S/C23H18F3N3/c24-23(25,26)18-10-6-7-16(15-18)13-14-27-22-19-11-4-5-12-20(19)28-21(29-22)17-8-2-1-3-9-17/h1-12,15H,13-14H2,(H,27,28,29). The lowest BCUT2D eigenvalue weighted by molar-refractivity contribution is -0.137. The molecule has 0 bridgehead atoms. The van der Waals surface area contributed by atoms with Crippen LogP contribution >= 0.6 is 0 Å². The SMILES string of the molecule is FC(F)(F)c1cccc(CCNc2nc(-c3ccccc3)nc3ccccc23)c1. The number of hydrogen-bond acceptors (Lipinski definition) is 3. The number of fused-ring (bicyclic) bond motifs is 1. The van der Waals surface area contributed by atoms with Crippen LogP contribution in [0.15, 0.2) is 78.9 Å². The molecule has 4 aromatic rings. The van der Waals surface area contributed by atoms with Crippen molar-refractivity contribution in [3.63, 3.8) is 0 Å². The van der Waals surface area contributed by atoms with Gasteiger partial charge in [0, 0.05) is 17.5 Å². The van der Waals surface area contributed by atoms with Crippen molar-refractivity contribution in [2.75, 3.05) is 11.9 Å². The minimum absolute atomic E-state index is 0.447. The van der Waals surface area contributed by atoms with Crippen LogP contribution in [-0.2, 0) is 12.6 Å². The van der Waals surface area contributed by atoms with Crippen molar-refractivity contribution in [1.29, 1.82) is 0 Å². The molecule has 0 aliphatic rings. The highest BCUT2D eigenvalue weighted by Crippen LogP contribution is 2.30. The molecular formula is C23H18F3N3. The van der Waals surface area contributed by atoms with Crippen molar-refractivity contribution in [1.82, 2.24) is 9.97 Å². The first-order valence-corrected chi connectivity index (χ1v) is 9.23. The van der Waals surface area contributed by atoms with E-state index in [1.165, 1.54) is 12.1 Å². The molecule has 1 N–H and O–H groups in total. The summed E-state index contributed by atoms with van der Waals surface area (Å²) in [7, 11) is 0. The smallest absolute Gasteiger partial charge is 0.369 e. The van der Waals surface area contributed by atoms with Gasteiger partial charge in [-0.1, -0.05) is 60.7 Å². The fraction of sp³-hybridized carbons (Fsp3) is 0.130. The number of hydrogen-bond donors (Lipinski definition) is 1. The second-order valence-electron chi connectivity index (χ2n) is 6.65. The van der Waals surface area contributed by atoms with Crippen LogP contribution in [0.1, 0.15) is 11.1 Å². The van der Waals surface area contributed by atoms with Crippen molar-refractivity contribution < 1.29 is 13.2 Å². The van der Waals surface area contributed by atoms with E-state index in [0.717, 1.165) is 22.5 Å². The Bertz CT molecular complexity index is 1120. The Labute approximate surface area is 166 Å². The fourth-order valence-corrected chi connectivity index (χ4v) is 3.16. The Kier molecular flexibility index (Phi) is 5.16. The lowest BCUT2D eigenvalue weighted by Gasteiger charge is -2.12. The summed E-state index contributed by atoms with van der Waals surface area (Å²) in [5, 5.41) is 4.14. The van der Waals surface area contributed by atoms with E-state index >= 15 is 0 Å². The Morgan fingerprint density at radius 2 is 1.55 bits per heavy atom. The average molecular weight is 393 g/mol. The molecule has 0 aliphatic carbocycles. The van der Waals surface area contributed by atoms with Crippen molar-refractivity contribution in [3.05, 3.63) is 90.0 Å². The van der Waals surface area contributed by atoms with E-state index in [9.17, 15) is 13.2 Å². The van der Waals surface area contributed by atoms with Crippen molar-refractivity contribution in [2.45, 2.75) is 12.6 Å². The quantitative estimate of drug-likeness (QED) is 0.454. The summed E-state index contributed by atoms with van der Waals surface area (Å²) in [6, 6.07) is 22.7. The third-order valence-electron chi connectivity index (χ3n) is 4.60. The second kappa shape index (κ2) is 7.91. The number of nitrogens with zero attached hydrogens (tertiary/aromatic N) is 2. The van der Waals surface area contributed by atoms with Gasteiger partial charge in [-0.05, 0) is 30.2 Å². The number of alkyl halides is 3. The van der Waals surface area contributed by atoms with E-state index < -0.39 is 11.7 Å². The molecule has 0 atom stereocenters. The second-order valence-corrected chi connectivity index (χ2v) is 6.65. The number of aromatic nitrogens is 2. The molecule has 0 spiro atoms. The molecule has 0 fully saturated rings. The van der Waals surface area contributed by atoms with Gasteiger partial charge in [0.25, 0.3) is 0 Å². The number of para-hydroxylation sites is 1. The topological polar surface area (TPSA) is 37.8 Å². The molecule has 0 unspecified atom stereocenters. The Hall–Kier alpha value is -3.41. The van der Waals surface area contributed by atoms with Crippen molar-refractivity contribution in [3.8, 4) is 11.4 Å². The normalized spacial score (nSPS) is 11.6. The van der Waals surface area contributed by atoms with E-state index in [-0.39, 0.29) is 0 Å². The molecule has 6 heteroatoms. The Morgan fingerprint density at radius 1 is 0.793 bits per heavy atom. The van der Waals surface area contributed by atoms with Gasteiger partial charge in [0.2, 0.25) is 0 Å². The van der Waals surface area contributed by atoms with E-state index in [2.05, 4.69) is 15.3 Å². The fourth-order valence-electron chi connectivity index (χ4n) is 3.16. The maximum atomic E-state index is 12.9. The summed E-state index contributed by atoms with van der Waals surface area (Å²) in [6.45, 7) is 0.455. The summed E-state index contributed by atoms with van der Waals surface area (Å²) < 4.78 is 38.7. The Morgan fingerprint density at radius 3 is 2.34 bits per heavy atom. The van der Waals surface area contributed by atoms with E-state index in [1.807, 2.05) is 54.6 Å². The molecule has 3 nitrogen and oxygen atoms in total. The van der Waals surface area contributed by atoms with E-state index in [1.54, 1.807) is 6.07 Å². The van der Waals surface area contributed by atoms with Gasteiger partial charge in [0.05, 0.1) is 11.1 Å². The number of anilines is 1. The van der Waals surface area contributed by atoms with Gasteiger partial charge in [-0.15, -0.1) is 0 Å². The van der Waals surface area contributed by atoms with Crippen LogP contribution in [-0.4, -0.2) is 16.5 Å². The van der Waals surface area contributed by atoms with Crippen LogP contribution in [0.5, 0.6) is 0 Å². The number of benzene rings is 3. The maximum absolute atomic E-state index is 12.9. The van der Waals surface area contributed by atoms with Gasteiger partial charge in [-0.2, -0.15) is 13.2 Å². The van der Waals surface area contributed by atoms with Gasteiger partial charge in [0.1, 0.15) is 5.82 Å². The zero-order valence-corrected chi connectivity index (χ0v) is 15.4. The molecule has 1 heterocycles. The highest BCUT2D eigenvalue weighted by atomic mass is 19.4. The Balaban J connectivity index is 1.58. The molecule has 3 aromatic carbocycles. The summed E-state index contributed by atoms with van der Waals surface area (Å²) in [5.41, 5.74) is 1.70. The number of rotatable bonds is 5. The van der Waals surface area contributed by atoms with Gasteiger partial charge in [-0.3, -0.25) is 0 Å². The zero-order valence-electron chi connectivity index (χ0n) is 15.4. The molecular weight excluding hydrogens is 375 g/mol. The third kappa shape index (κ3) is 4.37. The minimum Gasteiger partial charge on any atom is -0.369 e. The molecule has 0 saturated carbocycles. The summed E-state index contributed by atoms with van der Waals surface area (Å²) in [4.78, 5) is 9.29. The predicted octanol–water partition coefficient (Wildman–Crippen LogP) is 5.97. The average Bonchev–Trinajstić information content (AvgIpc) is 2.74. The molecule has 0 saturated heterocycles. The largest absolute Gasteiger partial charge is 0.416 e. The third-order valence-corrected chi connectivity index (χ3v) is 4.60. The van der Waals surface area contributed by atoms with Crippen LogP contribution in [0.25, 0.3) is 22.3 Å². The van der Waals surface area contributed by atoms with Crippen LogP contribution in [0, 0.1) is 0 Å².